The first kappa shape index (κ1) is 19.3. The van der Waals surface area contributed by atoms with Gasteiger partial charge in [0.05, 0.1) is 22.0 Å². The Morgan fingerprint density at radius 1 is 1.19 bits per heavy atom. The summed E-state index contributed by atoms with van der Waals surface area (Å²) >= 11 is 2.91. The fraction of sp³-hybridized carbons (Fsp3) is 0.263. The number of amides is 2. The Morgan fingerprint density at radius 2 is 1.93 bits per heavy atom. The van der Waals surface area contributed by atoms with Gasteiger partial charge in [-0.3, -0.25) is 9.59 Å². The predicted molar refractivity (Wildman–Crippen MR) is 110 cm³/mol. The third kappa shape index (κ3) is 4.64. The van der Waals surface area contributed by atoms with Gasteiger partial charge in [-0.1, -0.05) is 30.0 Å². The SMILES string of the molecule is Cc1cccc(C)c1NC(=O)CNC(=O)C(C)Sc1ncnc2ccsc12. The molecule has 3 aromatic rings. The first-order chi connectivity index (χ1) is 13.0. The molecule has 0 aliphatic rings. The number of carbonyl (C=O) groups is 2. The van der Waals surface area contributed by atoms with Crippen LogP contribution in [0.15, 0.2) is 41.0 Å². The van der Waals surface area contributed by atoms with Crippen molar-refractivity contribution in [3.05, 3.63) is 47.1 Å². The summed E-state index contributed by atoms with van der Waals surface area (Å²) in [5, 5.41) is 7.90. The van der Waals surface area contributed by atoms with E-state index in [0.717, 1.165) is 32.1 Å². The number of aromatic nitrogens is 2. The third-order valence-electron chi connectivity index (χ3n) is 4.04. The number of thiophene rings is 1. The maximum absolute atomic E-state index is 12.4. The molecule has 0 saturated carbocycles. The second-order valence-corrected chi connectivity index (χ2v) is 8.35. The van der Waals surface area contributed by atoms with Gasteiger partial charge in [-0.25, -0.2) is 9.97 Å². The fourth-order valence-electron chi connectivity index (χ4n) is 2.58. The van der Waals surface area contributed by atoms with E-state index in [1.54, 1.807) is 18.3 Å². The van der Waals surface area contributed by atoms with Crippen molar-refractivity contribution in [2.75, 3.05) is 11.9 Å². The Hall–Kier alpha value is -2.45. The van der Waals surface area contributed by atoms with Gasteiger partial charge in [-0.15, -0.1) is 11.3 Å². The quantitative estimate of drug-likeness (QED) is 0.488. The lowest BCUT2D eigenvalue weighted by Gasteiger charge is -2.14. The van der Waals surface area contributed by atoms with E-state index in [4.69, 9.17) is 0 Å². The lowest BCUT2D eigenvalue weighted by Crippen LogP contribution is -2.37. The zero-order chi connectivity index (χ0) is 19.4. The summed E-state index contributed by atoms with van der Waals surface area (Å²) in [5.41, 5.74) is 3.64. The minimum absolute atomic E-state index is 0.0737. The second kappa shape index (κ2) is 8.49. The number of nitrogens with one attached hydrogen (secondary N) is 2. The molecule has 0 bridgehead atoms. The maximum Gasteiger partial charge on any atom is 0.243 e. The number of hydrogen-bond acceptors (Lipinski definition) is 6. The monoisotopic (exact) mass is 400 g/mol. The highest BCUT2D eigenvalue weighted by molar-refractivity contribution is 8.00. The van der Waals surface area contributed by atoms with Gasteiger partial charge in [0, 0.05) is 5.69 Å². The minimum atomic E-state index is -0.377. The molecule has 2 N–H and O–H groups in total. The van der Waals surface area contributed by atoms with Gasteiger partial charge in [0.1, 0.15) is 11.4 Å². The van der Waals surface area contributed by atoms with Crippen LogP contribution in [0.3, 0.4) is 0 Å². The standard InChI is InChI=1S/C19H20N4O2S2/c1-11-5-4-6-12(2)16(11)23-15(24)9-20-18(25)13(3)27-19-17-14(7-8-26-17)21-10-22-19/h4-8,10,13H,9H2,1-3H3,(H,20,25)(H,23,24). The molecule has 1 unspecified atom stereocenters. The fourth-order valence-corrected chi connectivity index (χ4v) is 4.44. The summed E-state index contributed by atoms with van der Waals surface area (Å²) in [6.07, 6.45) is 1.50. The van der Waals surface area contributed by atoms with Crippen LogP contribution in [-0.4, -0.2) is 33.6 Å². The Morgan fingerprint density at radius 3 is 2.67 bits per heavy atom. The van der Waals surface area contributed by atoms with Crippen molar-refractivity contribution in [2.45, 2.75) is 31.0 Å². The number of anilines is 1. The van der Waals surface area contributed by atoms with Gasteiger partial charge in [0.15, 0.2) is 0 Å². The normalized spacial score (nSPS) is 12.0. The molecule has 3 rings (SSSR count). The van der Waals surface area contributed by atoms with Crippen LogP contribution < -0.4 is 10.6 Å². The molecule has 2 aromatic heterocycles. The highest BCUT2D eigenvalue weighted by Gasteiger charge is 2.18. The molecule has 0 saturated heterocycles. The zero-order valence-corrected chi connectivity index (χ0v) is 16.9. The molecular weight excluding hydrogens is 380 g/mol. The van der Waals surface area contributed by atoms with Crippen LogP contribution in [0.5, 0.6) is 0 Å². The molecule has 0 aliphatic carbocycles. The van der Waals surface area contributed by atoms with E-state index in [1.807, 2.05) is 43.5 Å². The minimum Gasteiger partial charge on any atom is -0.346 e. The molecule has 0 spiro atoms. The summed E-state index contributed by atoms with van der Waals surface area (Å²) in [5.74, 6) is -0.458. The number of hydrogen-bond donors (Lipinski definition) is 2. The topological polar surface area (TPSA) is 84.0 Å². The van der Waals surface area contributed by atoms with Crippen molar-refractivity contribution >= 4 is 50.8 Å². The smallest absolute Gasteiger partial charge is 0.243 e. The predicted octanol–water partition coefficient (Wildman–Crippen LogP) is 3.54. The molecule has 8 heteroatoms. The largest absolute Gasteiger partial charge is 0.346 e. The Kier molecular flexibility index (Phi) is 6.08. The van der Waals surface area contributed by atoms with Crippen LogP contribution >= 0.6 is 23.1 Å². The van der Waals surface area contributed by atoms with Crippen molar-refractivity contribution in [3.63, 3.8) is 0 Å². The van der Waals surface area contributed by atoms with Crippen LogP contribution in [0.1, 0.15) is 18.1 Å². The van der Waals surface area contributed by atoms with E-state index in [2.05, 4.69) is 20.6 Å². The van der Waals surface area contributed by atoms with Crippen LogP contribution in [-0.2, 0) is 9.59 Å². The number of benzene rings is 1. The number of fused-ring (bicyclic) bond motifs is 1. The number of para-hydroxylation sites is 1. The molecule has 140 valence electrons. The van der Waals surface area contributed by atoms with E-state index >= 15 is 0 Å². The molecule has 0 aliphatic heterocycles. The van der Waals surface area contributed by atoms with E-state index in [0.29, 0.717) is 0 Å². The average molecular weight is 401 g/mol. The third-order valence-corrected chi connectivity index (χ3v) is 6.18. The Bertz CT molecular complexity index is 967. The van der Waals surface area contributed by atoms with E-state index in [-0.39, 0.29) is 23.6 Å². The van der Waals surface area contributed by atoms with E-state index < -0.39 is 0 Å². The number of carbonyl (C=O) groups excluding carboxylic acids is 2. The second-order valence-electron chi connectivity index (χ2n) is 6.11. The van der Waals surface area contributed by atoms with Gasteiger partial charge in [0.25, 0.3) is 0 Å². The molecule has 1 atom stereocenters. The van der Waals surface area contributed by atoms with Gasteiger partial charge in [0.2, 0.25) is 11.8 Å². The molecule has 27 heavy (non-hydrogen) atoms. The van der Waals surface area contributed by atoms with Crippen LogP contribution in [0.25, 0.3) is 10.2 Å². The van der Waals surface area contributed by atoms with Crippen molar-refractivity contribution in [3.8, 4) is 0 Å². The van der Waals surface area contributed by atoms with Gasteiger partial charge in [-0.2, -0.15) is 0 Å². The Balaban J connectivity index is 1.55. The molecule has 6 nitrogen and oxygen atoms in total. The van der Waals surface area contributed by atoms with Crippen LogP contribution in [0.4, 0.5) is 5.69 Å². The molecule has 2 amide bonds. The number of nitrogens with zero attached hydrogens (tertiary/aromatic N) is 2. The van der Waals surface area contributed by atoms with Crippen molar-refractivity contribution in [1.29, 1.82) is 0 Å². The molecule has 2 heterocycles. The first-order valence-corrected chi connectivity index (χ1v) is 10.2. The lowest BCUT2D eigenvalue weighted by atomic mass is 10.1. The highest BCUT2D eigenvalue weighted by Crippen LogP contribution is 2.31. The summed E-state index contributed by atoms with van der Waals surface area (Å²) < 4.78 is 0.968. The molecule has 0 fully saturated rings. The maximum atomic E-state index is 12.4. The van der Waals surface area contributed by atoms with Crippen molar-refractivity contribution in [1.82, 2.24) is 15.3 Å². The lowest BCUT2D eigenvalue weighted by molar-refractivity contribution is -0.123. The van der Waals surface area contributed by atoms with Crippen molar-refractivity contribution in [2.24, 2.45) is 0 Å². The number of thioether (sulfide) groups is 1. The zero-order valence-electron chi connectivity index (χ0n) is 15.3. The van der Waals surface area contributed by atoms with Crippen LogP contribution in [0, 0.1) is 13.8 Å². The summed E-state index contributed by atoms with van der Waals surface area (Å²) in [6, 6.07) is 7.74. The highest BCUT2D eigenvalue weighted by atomic mass is 32.2. The van der Waals surface area contributed by atoms with Crippen molar-refractivity contribution < 1.29 is 9.59 Å². The molecule has 0 radical (unpaired) electrons. The summed E-state index contributed by atoms with van der Waals surface area (Å²) in [7, 11) is 0. The van der Waals surface area contributed by atoms with Crippen LogP contribution in [0.2, 0.25) is 0 Å². The molecular formula is C19H20N4O2S2. The van der Waals surface area contributed by atoms with E-state index in [9.17, 15) is 9.59 Å². The molecule has 1 aromatic carbocycles. The summed E-state index contributed by atoms with van der Waals surface area (Å²) in [4.78, 5) is 33.0. The van der Waals surface area contributed by atoms with Gasteiger partial charge in [-0.05, 0) is 43.3 Å². The number of rotatable bonds is 6. The van der Waals surface area contributed by atoms with Gasteiger partial charge >= 0.3 is 0 Å². The average Bonchev–Trinajstić information content (AvgIpc) is 3.12. The van der Waals surface area contributed by atoms with E-state index in [1.165, 1.54) is 18.1 Å². The number of aryl methyl sites for hydroxylation is 2. The summed E-state index contributed by atoms with van der Waals surface area (Å²) in [6.45, 7) is 5.60. The Labute approximate surface area is 165 Å². The van der Waals surface area contributed by atoms with Gasteiger partial charge < -0.3 is 10.6 Å². The first-order valence-electron chi connectivity index (χ1n) is 8.44.